The Morgan fingerprint density at radius 1 is 1.09 bits per heavy atom. The molecule has 0 amide bonds. The number of nitriles is 1. The molecule has 5 heteroatoms. The molecule has 0 unspecified atom stereocenters. The zero-order valence-corrected chi connectivity index (χ0v) is 13.4. The SMILES string of the molecule is N#Cc1sccc1-c1n[nH]c2cc(Cl)c(-c3ccccc3)cc12. The molecule has 2 aromatic heterocycles. The van der Waals surface area contributed by atoms with E-state index in [0.29, 0.717) is 9.90 Å². The second-order valence-electron chi connectivity index (χ2n) is 5.09. The maximum Gasteiger partial charge on any atom is 0.114 e. The molecule has 0 saturated heterocycles. The van der Waals surface area contributed by atoms with Gasteiger partial charge in [0, 0.05) is 16.5 Å². The van der Waals surface area contributed by atoms with Crippen molar-refractivity contribution in [2.24, 2.45) is 0 Å². The monoisotopic (exact) mass is 335 g/mol. The second kappa shape index (κ2) is 5.54. The van der Waals surface area contributed by atoms with E-state index in [1.807, 2.05) is 53.9 Å². The Morgan fingerprint density at radius 3 is 2.70 bits per heavy atom. The molecule has 2 aromatic carbocycles. The van der Waals surface area contributed by atoms with Crippen LogP contribution in [0.25, 0.3) is 33.3 Å². The standard InChI is InChI=1S/C18H10ClN3S/c19-15-9-16-14(8-13(15)11-4-2-1-3-5-11)18(22-21-16)12-6-7-23-17(12)10-20/h1-9H,(H,21,22). The van der Waals surface area contributed by atoms with Gasteiger partial charge in [-0.2, -0.15) is 10.4 Å². The van der Waals surface area contributed by atoms with Crippen molar-refractivity contribution in [1.82, 2.24) is 10.2 Å². The molecule has 0 fully saturated rings. The first-order chi connectivity index (χ1) is 11.3. The maximum absolute atomic E-state index is 9.26. The van der Waals surface area contributed by atoms with Gasteiger partial charge in [0.05, 0.1) is 10.5 Å². The topological polar surface area (TPSA) is 52.5 Å². The minimum Gasteiger partial charge on any atom is -0.277 e. The minimum atomic E-state index is 0.662. The predicted molar refractivity (Wildman–Crippen MR) is 94.6 cm³/mol. The number of thiophene rings is 1. The summed E-state index contributed by atoms with van der Waals surface area (Å²) in [5, 5.41) is 20.2. The molecule has 2 heterocycles. The summed E-state index contributed by atoms with van der Waals surface area (Å²) in [7, 11) is 0. The predicted octanol–water partition coefficient (Wildman–Crippen LogP) is 5.48. The van der Waals surface area contributed by atoms with Crippen LogP contribution < -0.4 is 0 Å². The summed E-state index contributed by atoms with van der Waals surface area (Å²) < 4.78 is 0. The molecule has 4 rings (SSSR count). The van der Waals surface area contributed by atoms with E-state index >= 15 is 0 Å². The van der Waals surface area contributed by atoms with Crippen LogP contribution in [-0.2, 0) is 0 Å². The Labute approximate surface area is 141 Å². The van der Waals surface area contributed by atoms with Gasteiger partial charge in [-0.05, 0) is 29.1 Å². The number of aromatic nitrogens is 2. The number of fused-ring (bicyclic) bond motifs is 1. The summed E-state index contributed by atoms with van der Waals surface area (Å²) in [4.78, 5) is 0.662. The summed E-state index contributed by atoms with van der Waals surface area (Å²) in [5.41, 5.74) is 4.50. The van der Waals surface area contributed by atoms with Gasteiger partial charge in [-0.25, -0.2) is 0 Å². The highest BCUT2D eigenvalue weighted by Crippen LogP contribution is 2.37. The Morgan fingerprint density at radius 2 is 1.91 bits per heavy atom. The number of hydrogen-bond acceptors (Lipinski definition) is 3. The van der Waals surface area contributed by atoms with E-state index in [-0.39, 0.29) is 0 Å². The summed E-state index contributed by atoms with van der Waals surface area (Å²) in [5.74, 6) is 0. The molecular weight excluding hydrogens is 326 g/mol. The smallest absolute Gasteiger partial charge is 0.114 e. The number of hydrogen-bond donors (Lipinski definition) is 1. The van der Waals surface area contributed by atoms with Crippen molar-refractivity contribution in [2.45, 2.75) is 0 Å². The van der Waals surface area contributed by atoms with E-state index in [0.717, 1.165) is 33.3 Å². The third kappa shape index (κ3) is 2.31. The van der Waals surface area contributed by atoms with Crippen LogP contribution in [0.15, 0.2) is 53.9 Å². The van der Waals surface area contributed by atoms with Gasteiger partial charge in [0.1, 0.15) is 16.6 Å². The molecule has 0 radical (unpaired) electrons. The molecule has 0 saturated carbocycles. The van der Waals surface area contributed by atoms with E-state index in [1.54, 1.807) is 0 Å². The van der Waals surface area contributed by atoms with Crippen molar-refractivity contribution in [3.05, 3.63) is 63.8 Å². The van der Waals surface area contributed by atoms with E-state index in [2.05, 4.69) is 16.3 Å². The van der Waals surface area contributed by atoms with Crippen LogP contribution in [0.1, 0.15) is 4.88 Å². The lowest BCUT2D eigenvalue weighted by atomic mass is 10.0. The highest BCUT2D eigenvalue weighted by Gasteiger charge is 2.15. The van der Waals surface area contributed by atoms with Gasteiger partial charge in [0.2, 0.25) is 0 Å². The average molecular weight is 336 g/mol. The molecule has 0 spiro atoms. The number of aromatic amines is 1. The van der Waals surface area contributed by atoms with Crippen molar-refractivity contribution in [3.63, 3.8) is 0 Å². The average Bonchev–Trinajstić information content (AvgIpc) is 3.20. The second-order valence-corrected chi connectivity index (χ2v) is 6.41. The molecule has 1 N–H and O–H groups in total. The first-order valence-electron chi connectivity index (χ1n) is 6.99. The van der Waals surface area contributed by atoms with Gasteiger partial charge in [-0.3, -0.25) is 5.10 Å². The highest BCUT2D eigenvalue weighted by atomic mass is 35.5. The number of rotatable bonds is 2. The normalized spacial score (nSPS) is 10.8. The van der Waals surface area contributed by atoms with Crippen LogP contribution in [0.5, 0.6) is 0 Å². The van der Waals surface area contributed by atoms with Crippen molar-refractivity contribution in [1.29, 1.82) is 5.26 Å². The fourth-order valence-corrected chi connectivity index (χ4v) is 3.62. The number of halogens is 1. The van der Waals surface area contributed by atoms with Crippen molar-refractivity contribution < 1.29 is 0 Å². The van der Waals surface area contributed by atoms with Crippen LogP contribution in [0.4, 0.5) is 0 Å². The number of nitrogens with zero attached hydrogens (tertiary/aromatic N) is 2. The van der Waals surface area contributed by atoms with Gasteiger partial charge in [0.15, 0.2) is 0 Å². The van der Waals surface area contributed by atoms with E-state index in [9.17, 15) is 5.26 Å². The Hall–Kier alpha value is -2.61. The lowest BCUT2D eigenvalue weighted by Crippen LogP contribution is -1.82. The van der Waals surface area contributed by atoms with Gasteiger partial charge in [-0.1, -0.05) is 41.9 Å². The largest absolute Gasteiger partial charge is 0.277 e. The van der Waals surface area contributed by atoms with Crippen molar-refractivity contribution >= 4 is 33.8 Å². The van der Waals surface area contributed by atoms with Crippen LogP contribution in [0.3, 0.4) is 0 Å². The van der Waals surface area contributed by atoms with Crippen LogP contribution in [-0.4, -0.2) is 10.2 Å². The third-order valence-corrected chi connectivity index (χ3v) is 4.89. The zero-order chi connectivity index (χ0) is 15.8. The fraction of sp³-hybridized carbons (Fsp3) is 0. The van der Waals surface area contributed by atoms with E-state index < -0.39 is 0 Å². The lowest BCUT2D eigenvalue weighted by Gasteiger charge is -2.05. The Bertz CT molecular complexity index is 1040. The first-order valence-corrected chi connectivity index (χ1v) is 8.24. The quantitative estimate of drug-likeness (QED) is 0.527. The molecule has 23 heavy (non-hydrogen) atoms. The molecule has 0 aliphatic heterocycles. The third-order valence-electron chi connectivity index (χ3n) is 3.76. The molecule has 4 aromatic rings. The number of H-pyrrole nitrogens is 1. The van der Waals surface area contributed by atoms with Gasteiger partial charge >= 0.3 is 0 Å². The van der Waals surface area contributed by atoms with E-state index in [1.165, 1.54) is 11.3 Å². The van der Waals surface area contributed by atoms with Gasteiger partial charge in [0.25, 0.3) is 0 Å². The minimum absolute atomic E-state index is 0.662. The van der Waals surface area contributed by atoms with Crippen molar-refractivity contribution in [2.75, 3.05) is 0 Å². The lowest BCUT2D eigenvalue weighted by molar-refractivity contribution is 1.12. The summed E-state index contributed by atoms with van der Waals surface area (Å²) in [6, 6.07) is 18.1. The van der Waals surface area contributed by atoms with Crippen molar-refractivity contribution in [3.8, 4) is 28.5 Å². The first kappa shape index (κ1) is 14.0. The summed E-state index contributed by atoms with van der Waals surface area (Å²) in [6.45, 7) is 0. The van der Waals surface area contributed by atoms with E-state index in [4.69, 9.17) is 11.6 Å². The Balaban J connectivity index is 1.98. The van der Waals surface area contributed by atoms with Crippen LogP contribution in [0.2, 0.25) is 5.02 Å². The van der Waals surface area contributed by atoms with Crippen LogP contribution in [0, 0.1) is 11.3 Å². The fourth-order valence-electron chi connectivity index (χ4n) is 2.66. The number of nitrogens with one attached hydrogen (secondary N) is 1. The summed E-state index contributed by atoms with van der Waals surface area (Å²) >= 11 is 7.85. The Kier molecular flexibility index (Phi) is 3.38. The zero-order valence-electron chi connectivity index (χ0n) is 11.9. The molecule has 110 valence electrons. The maximum atomic E-state index is 9.26. The molecule has 0 atom stereocenters. The number of benzene rings is 2. The summed E-state index contributed by atoms with van der Waals surface area (Å²) in [6.07, 6.45) is 0. The molecule has 3 nitrogen and oxygen atoms in total. The van der Waals surface area contributed by atoms with Crippen LogP contribution >= 0.6 is 22.9 Å². The van der Waals surface area contributed by atoms with Gasteiger partial charge in [-0.15, -0.1) is 11.3 Å². The highest BCUT2D eigenvalue weighted by molar-refractivity contribution is 7.11. The molecule has 0 aliphatic carbocycles. The molecular formula is C18H10ClN3S. The molecule has 0 aliphatic rings. The van der Waals surface area contributed by atoms with Gasteiger partial charge < -0.3 is 0 Å². The molecule has 0 bridgehead atoms.